The normalized spacial score (nSPS) is 18.5. The Balaban J connectivity index is 0.000000847. The molecule has 0 bridgehead atoms. The molecule has 0 radical (unpaired) electrons. The van der Waals surface area contributed by atoms with Gasteiger partial charge in [0.1, 0.15) is 12.1 Å². The molecule has 1 unspecified atom stereocenters. The lowest BCUT2D eigenvalue weighted by Gasteiger charge is -2.10. The fourth-order valence-electron chi connectivity index (χ4n) is 2.17. The van der Waals surface area contributed by atoms with Crippen LogP contribution in [0.15, 0.2) is 54.6 Å². The lowest BCUT2D eigenvalue weighted by molar-refractivity contribution is 0.953. The third kappa shape index (κ3) is 4.04. The summed E-state index contributed by atoms with van der Waals surface area (Å²) in [5.41, 5.74) is 3.06. The number of nitrogens with zero attached hydrogens (tertiary/aromatic N) is 2. The van der Waals surface area contributed by atoms with Crippen molar-refractivity contribution in [2.45, 2.75) is 27.2 Å². The quantitative estimate of drug-likeness (QED) is 0.834. The first-order chi connectivity index (χ1) is 10.8. The predicted octanol–water partition coefficient (Wildman–Crippen LogP) is 4.99. The zero-order valence-electron chi connectivity index (χ0n) is 13.5. The summed E-state index contributed by atoms with van der Waals surface area (Å²) in [7, 11) is 0. The van der Waals surface area contributed by atoms with Gasteiger partial charge in [0, 0.05) is 11.3 Å². The van der Waals surface area contributed by atoms with Crippen molar-refractivity contribution in [3.63, 3.8) is 0 Å². The highest BCUT2D eigenvalue weighted by Crippen LogP contribution is 2.24. The number of allylic oxidation sites excluding steroid dienone is 7. The fraction of sp³-hybridized carbons (Fsp3) is 0.263. The van der Waals surface area contributed by atoms with Crippen molar-refractivity contribution in [1.82, 2.24) is 9.97 Å². The summed E-state index contributed by atoms with van der Waals surface area (Å²) in [4.78, 5) is 8.73. The molecule has 0 amide bonds. The van der Waals surface area contributed by atoms with Crippen LogP contribution in [-0.2, 0) is 0 Å². The topological polar surface area (TPSA) is 37.8 Å². The molecular formula is C19H23N3. The third-order valence-electron chi connectivity index (χ3n) is 3.30. The summed E-state index contributed by atoms with van der Waals surface area (Å²) in [6.07, 6.45) is 21.4. The molecule has 0 aromatic carbocycles. The molecule has 0 spiro atoms. The van der Waals surface area contributed by atoms with Gasteiger partial charge in [-0.25, -0.2) is 9.97 Å². The largest absolute Gasteiger partial charge is 0.340 e. The SMILES string of the molecule is CC.CC1C=Cc2ncnc(NC3=CCC=CC=C3)c2C=C1. The number of aromatic nitrogens is 2. The molecule has 3 nitrogen and oxygen atoms in total. The number of hydrogen-bond acceptors (Lipinski definition) is 3. The second-order valence-electron chi connectivity index (χ2n) is 4.91. The molecule has 0 fully saturated rings. The molecule has 0 aliphatic heterocycles. The molecule has 2 aliphatic rings. The van der Waals surface area contributed by atoms with Crippen LogP contribution in [0.3, 0.4) is 0 Å². The summed E-state index contributed by atoms with van der Waals surface area (Å²) >= 11 is 0. The van der Waals surface area contributed by atoms with Crippen LogP contribution in [0.5, 0.6) is 0 Å². The van der Waals surface area contributed by atoms with Crippen LogP contribution in [0, 0.1) is 5.92 Å². The van der Waals surface area contributed by atoms with Gasteiger partial charge in [-0.2, -0.15) is 0 Å². The highest BCUT2D eigenvalue weighted by Gasteiger charge is 2.10. The average molecular weight is 293 g/mol. The van der Waals surface area contributed by atoms with E-state index in [1.807, 2.05) is 19.9 Å². The maximum atomic E-state index is 4.38. The minimum absolute atomic E-state index is 0.415. The smallest absolute Gasteiger partial charge is 0.141 e. The lowest BCUT2D eigenvalue weighted by atomic mass is 10.1. The van der Waals surface area contributed by atoms with Crippen LogP contribution in [0.2, 0.25) is 0 Å². The molecule has 1 atom stereocenters. The first-order valence-electron chi connectivity index (χ1n) is 7.85. The summed E-state index contributed by atoms with van der Waals surface area (Å²) in [6.45, 7) is 6.15. The average Bonchev–Trinajstić information content (AvgIpc) is 2.92. The maximum Gasteiger partial charge on any atom is 0.141 e. The van der Waals surface area contributed by atoms with E-state index >= 15 is 0 Å². The van der Waals surface area contributed by atoms with E-state index in [2.05, 4.69) is 70.8 Å². The Bertz CT molecular complexity index is 649. The Hall–Kier alpha value is -2.42. The van der Waals surface area contributed by atoms with E-state index in [1.165, 1.54) is 0 Å². The molecule has 3 heteroatoms. The highest BCUT2D eigenvalue weighted by atomic mass is 15.0. The van der Waals surface area contributed by atoms with Gasteiger partial charge in [-0.1, -0.05) is 63.3 Å². The number of anilines is 1. The van der Waals surface area contributed by atoms with Crippen LogP contribution >= 0.6 is 0 Å². The van der Waals surface area contributed by atoms with Crippen molar-refractivity contribution < 1.29 is 0 Å². The molecule has 114 valence electrons. The van der Waals surface area contributed by atoms with Gasteiger partial charge >= 0.3 is 0 Å². The molecule has 22 heavy (non-hydrogen) atoms. The summed E-state index contributed by atoms with van der Waals surface area (Å²) < 4.78 is 0. The number of nitrogens with one attached hydrogen (secondary N) is 1. The van der Waals surface area contributed by atoms with Gasteiger partial charge in [0.05, 0.1) is 5.69 Å². The number of rotatable bonds is 2. The van der Waals surface area contributed by atoms with Gasteiger partial charge in [0.25, 0.3) is 0 Å². The highest BCUT2D eigenvalue weighted by molar-refractivity contribution is 5.74. The monoisotopic (exact) mass is 293 g/mol. The zero-order chi connectivity index (χ0) is 15.8. The van der Waals surface area contributed by atoms with Crippen LogP contribution in [0.4, 0.5) is 5.82 Å². The van der Waals surface area contributed by atoms with Crippen molar-refractivity contribution in [3.05, 3.63) is 65.8 Å². The molecule has 1 heterocycles. The standard InChI is InChI=1S/C17H17N3.C2H6/c1-13-8-10-15-16(11-9-13)18-12-19-17(15)20-14-6-4-2-3-5-7-14;1-2/h2-4,6-13H,5H2,1H3,(H,18,19,20);1-2H3. The van der Waals surface area contributed by atoms with Crippen molar-refractivity contribution >= 4 is 18.0 Å². The van der Waals surface area contributed by atoms with E-state index in [0.717, 1.165) is 29.2 Å². The van der Waals surface area contributed by atoms with E-state index in [4.69, 9.17) is 0 Å². The van der Waals surface area contributed by atoms with Gasteiger partial charge in [0.2, 0.25) is 0 Å². The van der Waals surface area contributed by atoms with Crippen LogP contribution < -0.4 is 5.32 Å². The van der Waals surface area contributed by atoms with Gasteiger partial charge in [-0.05, 0) is 24.5 Å². The van der Waals surface area contributed by atoms with Gasteiger partial charge in [0.15, 0.2) is 0 Å². The molecule has 0 saturated heterocycles. The number of hydrogen-bond donors (Lipinski definition) is 1. The Labute approximate surface area is 132 Å². The van der Waals surface area contributed by atoms with Crippen LogP contribution in [0.1, 0.15) is 38.4 Å². The van der Waals surface area contributed by atoms with Crippen molar-refractivity contribution in [2.75, 3.05) is 5.32 Å². The van der Waals surface area contributed by atoms with Crippen molar-refractivity contribution in [3.8, 4) is 0 Å². The Morgan fingerprint density at radius 2 is 1.86 bits per heavy atom. The molecule has 1 N–H and O–H groups in total. The summed E-state index contributed by atoms with van der Waals surface area (Å²) in [5, 5.41) is 3.39. The minimum atomic E-state index is 0.415. The third-order valence-corrected chi connectivity index (χ3v) is 3.30. The fourth-order valence-corrected chi connectivity index (χ4v) is 2.17. The Kier molecular flexibility index (Phi) is 5.90. The van der Waals surface area contributed by atoms with Gasteiger partial charge in [-0.3, -0.25) is 0 Å². The minimum Gasteiger partial charge on any atom is -0.340 e. The van der Waals surface area contributed by atoms with E-state index in [1.54, 1.807) is 6.33 Å². The van der Waals surface area contributed by atoms with Gasteiger partial charge in [-0.15, -0.1) is 0 Å². The molecule has 2 aliphatic carbocycles. The molecule has 1 aromatic rings. The summed E-state index contributed by atoms with van der Waals surface area (Å²) in [5.74, 6) is 1.26. The molecule has 1 aromatic heterocycles. The van der Waals surface area contributed by atoms with E-state index < -0.39 is 0 Å². The van der Waals surface area contributed by atoms with E-state index in [0.29, 0.717) is 5.92 Å². The van der Waals surface area contributed by atoms with Crippen molar-refractivity contribution in [1.29, 1.82) is 0 Å². The second kappa shape index (κ2) is 8.13. The summed E-state index contributed by atoms with van der Waals surface area (Å²) in [6, 6.07) is 0. The van der Waals surface area contributed by atoms with Gasteiger partial charge < -0.3 is 5.32 Å². The van der Waals surface area contributed by atoms with E-state index in [9.17, 15) is 0 Å². The van der Waals surface area contributed by atoms with E-state index in [-0.39, 0.29) is 0 Å². The first kappa shape index (κ1) is 16.0. The van der Waals surface area contributed by atoms with Crippen LogP contribution in [0.25, 0.3) is 12.2 Å². The second-order valence-corrected chi connectivity index (χ2v) is 4.91. The van der Waals surface area contributed by atoms with Crippen molar-refractivity contribution in [2.24, 2.45) is 5.92 Å². The maximum absolute atomic E-state index is 4.38. The zero-order valence-corrected chi connectivity index (χ0v) is 13.5. The Morgan fingerprint density at radius 1 is 1.05 bits per heavy atom. The number of fused-ring (bicyclic) bond motifs is 1. The molecular weight excluding hydrogens is 270 g/mol. The lowest BCUT2D eigenvalue weighted by Crippen LogP contribution is -2.03. The predicted molar refractivity (Wildman–Crippen MR) is 95.2 cm³/mol. The van der Waals surface area contributed by atoms with Crippen LogP contribution in [-0.4, -0.2) is 9.97 Å². The first-order valence-corrected chi connectivity index (χ1v) is 7.85. The molecule has 0 saturated carbocycles. The molecule has 3 rings (SSSR count). The Morgan fingerprint density at radius 3 is 2.73 bits per heavy atom.